The lowest BCUT2D eigenvalue weighted by atomic mass is 10.2. The third-order valence-electron chi connectivity index (χ3n) is 4.59. The molecule has 3 heterocycles. The van der Waals surface area contributed by atoms with Crippen LogP contribution in [0.4, 0.5) is 5.69 Å². The largest absolute Gasteiger partial charge is 0.367 e. The molecule has 4 nitrogen and oxygen atoms in total. The van der Waals surface area contributed by atoms with Crippen molar-refractivity contribution in [3.63, 3.8) is 0 Å². The second kappa shape index (κ2) is 8.68. The fraction of sp³-hybridized carbons (Fsp3) is 0.474. The van der Waals surface area contributed by atoms with Gasteiger partial charge >= 0.3 is 0 Å². The lowest BCUT2D eigenvalue weighted by molar-refractivity contribution is -0.129. The second-order valence-corrected chi connectivity index (χ2v) is 7.94. The van der Waals surface area contributed by atoms with Crippen molar-refractivity contribution in [2.75, 3.05) is 37.0 Å². The van der Waals surface area contributed by atoms with Crippen LogP contribution in [0.25, 0.3) is 0 Å². The van der Waals surface area contributed by atoms with Gasteiger partial charge in [0.25, 0.3) is 0 Å². The number of amides is 1. The predicted octanol–water partition coefficient (Wildman–Crippen LogP) is 3.38. The molecule has 3 rings (SSSR count). The maximum Gasteiger partial charge on any atom is 0.219 e. The van der Waals surface area contributed by atoms with Crippen LogP contribution in [0, 0.1) is 0 Å². The molecule has 0 aromatic carbocycles. The third kappa shape index (κ3) is 4.95. The number of thiophene rings is 1. The molecule has 2 aromatic rings. The Morgan fingerprint density at radius 1 is 1.08 bits per heavy atom. The molecule has 0 bridgehead atoms. The van der Waals surface area contributed by atoms with Gasteiger partial charge in [-0.25, -0.2) is 0 Å². The van der Waals surface area contributed by atoms with Gasteiger partial charge in [0.2, 0.25) is 5.91 Å². The van der Waals surface area contributed by atoms with Gasteiger partial charge in [-0.1, -0.05) is 0 Å². The highest BCUT2D eigenvalue weighted by Crippen LogP contribution is 2.20. The Bertz CT molecular complexity index is 693. The number of piperazine rings is 1. The van der Waals surface area contributed by atoms with Crippen molar-refractivity contribution in [2.24, 2.45) is 0 Å². The summed E-state index contributed by atoms with van der Waals surface area (Å²) in [7, 11) is 0. The Morgan fingerprint density at radius 3 is 2.40 bits per heavy atom. The molecule has 0 saturated carbocycles. The number of carbonyl (C=O) groups excluding carboxylic acids is 1. The SMILES string of the molecule is CC(=O)N1CCN(c2ccc(CCc3ccc(CCCl)s3)nc2)CC1. The number of alkyl halides is 1. The van der Waals surface area contributed by atoms with Crippen LogP contribution in [0.3, 0.4) is 0 Å². The van der Waals surface area contributed by atoms with Crippen molar-refractivity contribution in [1.82, 2.24) is 9.88 Å². The number of hydrogen-bond acceptors (Lipinski definition) is 4. The van der Waals surface area contributed by atoms with E-state index in [1.807, 2.05) is 22.4 Å². The summed E-state index contributed by atoms with van der Waals surface area (Å²) < 4.78 is 0. The third-order valence-corrected chi connectivity index (χ3v) is 5.98. The lowest BCUT2D eigenvalue weighted by Crippen LogP contribution is -2.48. The van der Waals surface area contributed by atoms with Crippen molar-refractivity contribution < 1.29 is 4.79 Å². The molecular weight excluding hydrogens is 354 g/mol. The number of pyridine rings is 1. The molecule has 0 N–H and O–H groups in total. The average Bonchev–Trinajstić information content (AvgIpc) is 3.08. The first-order valence-electron chi connectivity index (χ1n) is 8.74. The Labute approximate surface area is 158 Å². The standard InChI is InChI=1S/C19H24ClN3OS/c1-15(24)22-10-12-23(13-11-22)17-4-2-16(21-14-17)3-5-18-6-7-19(25-18)8-9-20/h2,4,6-7,14H,3,5,8-13H2,1H3. The predicted molar refractivity (Wildman–Crippen MR) is 105 cm³/mol. The molecule has 0 aliphatic carbocycles. The van der Waals surface area contributed by atoms with Crippen LogP contribution in [0.1, 0.15) is 22.4 Å². The minimum atomic E-state index is 0.163. The van der Waals surface area contributed by atoms with Crippen LogP contribution < -0.4 is 4.90 Å². The Balaban J connectivity index is 1.51. The number of hydrogen-bond donors (Lipinski definition) is 0. The average molecular weight is 378 g/mol. The lowest BCUT2D eigenvalue weighted by Gasteiger charge is -2.35. The summed E-state index contributed by atoms with van der Waals surface area (Å²) in [5.74, 6) is 0.847. The highest BCUT2D eigenvalue weighted by Gasteiger charge is 2.18. The second-order valence-electron chi connectivity index (χ2n) is 6.31. The van der Waals surface area contributed by atoms with Gasteiger partial charge in [0.05, 0.1) is 11.9 Å². The van der Waals surface area contributed by atoms with E-state index in [4.69, 9.17) is 11.6 Å². The monoisotopic (exact) mass is 377 g/mol. The minimum absolute atomic E-state index is 0.163. The van der Waals surface area contributed by atoms with Crippen LogP contribution in [0.5, 0.6) is 0 Å². The summed E-state index contributed by atoms with van der Waals surface area (Å²) in [6.45, 7) is 4.97. The fourth-order valence-corrected chi connectivity index (χ4v) is 4.40. The summed E-state index contributed by atoms with van der Waals surface area (Å²) in [6.07, 6.45) is 4.90. The molecule has 1 aliphatic heterocycles. The summed E-state index contributed by atoms with van der Waals surface area (Å²) in [4.78, 5) is 23.0. The molecule has 0 radical (unpaired) electrons. The maximum absolute atomic E-state index is 11.4. The van der Waals surface area contributed by atoms with E-state index in [1.54, 1.807) is 6.92 Å². The van der Waals surface area contributed by atoms with Crippen molar-refractivity contribution >= 4 is 34.5 Å². The van der Waals surface area contributed by atoms with Crippen molar-refractivity contribution in [2.45, 2.75) is 26.2 Å². The van der Waals surface area contributed by atoms with E-state index >= 15 is 0 Å². The van der Waals surface area contributed by atoms with Crippen molar-refractivity contribution in [1.29, 1.82) is 0 Å². The highest BCUT2D eigenvalue weighted by molar-refractivity contribution is 7.12. The van der Waals surface area contributed by atoms with Crippen LogP contribution in [0.15, 0.2) is 30.5 Å². The zero-order valence-corrected chi connectivity index (χ0v) is 16.2. The summed E-state index contributed by atoms with van der Waals surface area (Å²) in [5.41, 5.74) is 2.27. The highest BCUT2D eigenvalue weighted by atomic mass is 35.5. The van der Waals surface area contributed by atoms with E-state index in [0.29, 0.717) is 5.88 Å². The summed E-state index contributed by atoms with van der Waals surface area (Å²) >= 11 is 7.65. The number of aromatic nitrogens is 1. The molecule has 6 heteroatoms. The van der Waals surface area contributed by atoms with E-state index < -0.39 is 0 Å². The first-order valence-corrected chi connectivity index (χ1v) is 10.1. The molecule has 0 atom stereocenters. The molecule has 1 fully saturated rings. The first-order chi connectivity index (χ1) is 12.2. The maximum atomic E-state index is 11.4. The fourth-order valence-electron chi connectivity index (χ4n) is 3.07. The zero-order chi connectivity index (χ0) is 17.6. The van der Waals surface area contributed by atoms with Gasteiger partial charge in [0.1, 0.15) is 0 Å². The molecule has 1 saturated heterocycles. The molecule has 25 heavy (non-hydrogen) atoms. The summed E-state index contributed by atoms with van der Waals surface area (Å²) in [5, 5.41) is 0. The molecule has 0 spiro atoms. The Hall–Kier alpha value is -1.59. The van der Waals surface area contributed by atoms with Crippen LogP contribution >= 0.6 is 22.9 Å². The Kier molecular flexibility index (Phi) is 6.32. The molecule has 1 aliphatic rings. The van der Waals surface area contributed by atoms with Gasteiger partial charge in [-0.2, -0.15) is 0 Å². The van der Waals surface area contributed by atoms with E-state index in [2.05, 4.69) is 34.1 Å². The molecule has 2 aromatic heterocycles. The van der Waals surface area contributed by atoms with Gasteiger partial charge in [-0.15, -0.1) is 22.9 Å². The molecule has 134 valence electrons. The zero-order valence-electron chi connectivity index (χ0n) is 14.6. The van der Waals surface area contributed by atoms with Crippen LogP contribution in [0.2, 0.25) is 0 Å². The normalized spacial score (nSPS) is 14.8. The Morgan fingerprint density at radius 2 is 1.80 bits per heavy atom. The number of nitrogens with zero attached hydrogens (tertiary/aromatic N) is 3. The van der Waals surface area contributed by atoms with Gasteiger partial charge in [0.15, 0.2) is 0 Å². The molecule has 0 unspecified atom stereocenters. The van der Waals surface area contributed by atoms with Crippen molar-refractivity contribution in [3.8, 4) is 0 Å². The topological polar surface area (TPSA) is 36.4 Å². The van der Waals surface area contributed by atoms with Gasteiger partial charge in [-0.3, -0.25) is 9.78 Å². The molecule has 1 amide bonds. The van der Waals surface area contributed by atoms with E-state index in [1.165, 1.54) is 9.75 Å². The van der Waals surface area contributed by atoms with Gasteiger partial charge < -0.3 is 9.80 Å². The van der Waals surface area contributed by atoms with Crippen LogP contribution in [-0.2, 0) is 24.1 Å². The quantitative estimate of drug-likeness (QED) is 0.724. The van der Waals surface area contributed by atoms with Crippen LogP contribution in [-0.4, -0.2) is 47.9 Å². The minimum Gasteiger partial charge on any atom is -0.367 e. The number of carbonyl (C=O) groups is 1. The summed E-state index contributed by atoms with van der Waals surface area (Å²) in [6, 6.07) is 8.66. The van der Waals surface area contributed by atoms with E-state index in [9.17, 15) is 4.79 Å². The number of rotatable bonds is 6. The van der Waals surface area contributed by atoms with E-state index in [-0.39, 0.29) is 5.91 Å². The first kappa shape index (κ1) is 18.2. The number of halogens is 1. The van der Waals surface area contributed by atoms with Gasteiger partial charge in [-0.05, 0) is 43.5 Å². The van der Waals surface area contributed by atoms with Gasteiger partial charge in [0, 0.05) is 54.4 Å². The smallest absolute Gasteiger partial charge is 0.219 e. The number of anilines is 1. The molecular formula is C19H24ClN3OS. The van der Waals surface area contributed by atoms with E-state index in [0.717, 1.165) is 56.8 Å². The number of aryl methyl sites for hydroxylation is 3. The van der Waals surface area contributed by atoms with Crippen molar-refractivity contribution in [3.05, 3.63) is 45.9 Å².